The Bertz CT molecular complexity index is 831. The predicted molar refractivity (Wildman–Crippen MR) is 94.5 cm³/mol. The van der Waals surface area contributed by atoms with Crippen molar-refractivity contribution < 1.29 is 26.6 Å². The van der Waals surface area contributed by atoms with Crippen LogP contribution < -0.4 is 21.3 Å². The number of hydrogen-bond donors (Lipinski definition) is 1. The number of halogens is 1. The standard InChI is InChI=1S/C15H17FN2O.C5H5.Fe/c1-18(2)9-10-3-4-11(7-10)12-5-6-13(15(17)19)14(16)8-12;1-2-4-5-3-1;/h3-8,19H,9,17H2,1-2H3;1-5H;/q;-1;+2/p-1/b12-11-,15-13+;;. The third kappa shape index (κ3) is 6.31. The van der Waals surface area contributed by atoms with Crippen LogP contribution in [-0.4, -0.2) is 25.5 Å². The van der Waals surface area contributed by atoms with Crippen LogP contribution in [0.5, 0.6) is 0 Å². The molecule has 2 N–H and O–H groups in total. The van der Waals surface area contributed by atoms with Gasteiger partial charge in [-0.15, -0.1) is 0 Å². The van der Waals surface area contributed by atoms with Crippen LogP contribution in [0.4, 0.5) is 4.39 Å². The summed E-state index contributed by atoms with van der Waals surface area (Å²) < 4.78 is 13.7. The number of nitrogens with zero attached hydrogens (tertiary/aromatic N) is 1. The van der Waals surface area contributed by atoms with Crippen molar-refractivity contribution in [2.75, 3.05) is 20.6 Å². The topological polar surface area (TPSA) is 52.3 Å². The van der Waals surface area contributed by atoms with Crippen molar-refractivity contribution in [2.45, 2.75) is 0 Å². The zero-order valence-electron chi connectivity index (χ0n) is 14.2. The summed E-state index contributed by atoms with van der Waals surface area (Å²) in [6.07, 6.45) is 5.96. The van der Waals surface area contributed by atoms with Gasteiger partial charge in [0, 0.05) is 11.8 Å². The molecule has 0 aliphatic heterocycles. The number of benzene rings is 1. The summed E-state index contributed by atoms with van der Waals surface area (Å²) in [5, 5.41) is 11.6. The van der Waals surface area contributed by atoms with Gasteiger partial charge in [0.25, 0.3) is 0 Å². The summed E-state index contributed by atoms with van der Waals surface area (Å²) in [6, 6.07) is 14.5. The Labute approximate surface area is 158 Å². The molecule has 0 heterocycles. The molecule has 0 atom stereocenters. The van der Waals surface area contributed by atoms with Crippen molar-refractivity contribution in [3.05, 3.63) is 88.6 Å². The molecule has 0 bridgehead atoms. The van der Waals surface area contributed by atoms with Crippen molar-refractivity contribution in [1.29, 1.82) is 0 Å². The van der Waals surface area contributed by atoms with Crippen LogP contribution in [0.2, 0.25) is 0 Å². The molecule has 3 rings (SSSR count). The molecule has 0 unspecified atom stereocenters. The van der Waals surface area contributed by atoms with E-state index >= 15 is 0 Å². The molecule has 25 heavy (non-hydrogen) atoms. The Hall–Kier alpha value is -2.20. The average Bonchev–Trinajstić information content (AvgIpc) is 3.20. The first-order valence-corrected chi connectivity index (χ1v) is 7.64. The van der Waals surface area contributed by atoms with Gasteiger partial charge in [0.2, 0.25) is 0 Å². The van der Waals surface area contributed by atoms with E-state index in [4.69, 9.17) is 5.73 Å². The van der Waals surface area contributed by atoms with E-state index in [1.54, 1.807) is 6.07 Å². The minimum Gasteiger partial charge on any atom is -0.860 e. The van der Waals surface area contributed by atoms with Gasteiger partial charge in [-0.2, -0.15) is 18.2 Å². The Kier molecular flexibility index (Phi) is 8.29. The number of hydrogen-bond acceptors (Lipinski definition) is 3. The van der Waals surface area contributed by atoms with Crippen molar-refractivity contribution in [3.63, 3.8) is 0 Å². The maximum absolute atomic E-state index is 13.7. The molecule has 132 valence electrons. The summed E-state index contributed by atoms with van der Waals surface area (Å²) in [5.74, 6) is -1.33. The third-order valence-electron chi connectivity index (χ3n) is 3.44. The smallest absolute Gasteiger partial charge is 0.860 e. The van der Waals surface area contributed by atoms with Crippen LogP contribution >= 0.6 is 0 Å². The average molecular weight is 380 g/mol. The molecule has 0 amide bonds. The summed E-state index contributed by atoms with van der Waals surface area (Å²) in [6.45, 7) is 0.835. The molecule has 1 aliphatic carbocycles. The molecular formula is C20H21FFeN2O. The first-order valence-electron chi connectivity index (χ1n) is 7.64. The number of likely N-dealkylation sites (N-methyl/N-ethyl adjacent to an activating group) is 1. The first-order chi connectivity index (χ1) is 11.5. The largest absolute Gasteiger partial charge is 2.00 e. The van der Waals surface area contributed by atoms with Gasteiger partial charge in [0.05, 0.1) is 0 Å². The maximum Gasteiger partial charge on any atom is 2.00 e. The van der Waals surface area contributed by atoms with E-state index in [0.29, 0.717) is 0 Å². The molecule has 1 aliphatic rings. The van der Waals surface area contributed by atoms with Gasteiger partial charge < -0.3 is 15.7 Å². The van der Waals surface area contributed by atoms with Crippen molar-refractivity contribution in [3.8, 4) is 0 Å². The molecule has 0 saturated carbocycles. The quantitative estimate of drug-likeness (QED) is 0.620. The van der Waals surface area contributed by atoms with Crippen LogP contribution in [-0.2, 0) is 17.1 Å². The van der Waals surface area contributed by atoms with E-state index in [0.717, 1.165) is 17.3 Å². The molecule has 0 fully saturated rings. The van der Waals surface area contributed by atoms with Crippen LogP contribution in [0.15, 0.2) is 72.3 Å². The zero-order valence-corrected chi connectivity index (χ0v) is 15.3. The fourth-order valence-electron chi connectivity index (χ4n) is 2.35. The van der Waals surface area contributed by atoms with Gasteiger partial charge in [0.15, 0.2) is 0 Å². The SMILES string of the molecule is CN(C)CC1=C/C(=c2/cc/c(=C(/N)[O-])c(F)c2)C=C1.[Fe+2].c1cc[cH-]c1. The molecule has 0 radical (unpaired) electrons. The molecule has 3 nitrogen and oxygen atoms in total. The number of rotatable bonds is 2. The van der Waals surface area contributed by atoms with E-state index < -0.39 is 11.7 Å². The molecule has 0 saturated heterocycles. The molecule has 5 heteroatoms. The van der Waals surface area contributed by atoms with Crippen molar-refractivity contribution >= 4 is 11.5 Å². The Morgan fingerprint density at radius 1 is 1.20 bits per heavy atom. The molecule has 0 spiro atoms. The van der Waals surface area contributed by atoms with Crippen LogP contribution in [0, 0.1) is 5.82 Å². The van der Waals surface area contributed by atoms with Gasteiger partial charge >= 0.3 is 17.1 Å². The summed E-state index contributed by atoms with van der Waals surface area (Å²) >= 11 is 0. The van der Waals surface area contributed by atoms with Gasteiger partial charge in [0.1, 0.15) is 5.82 Å². The van der Waals surface area contributed by atoms with E-state index in [2.05, 4.69) is 4.90 Å². The second-order valence-electron chi connectivity index (χ2n) is 5.77. The summed E-state index contributed by atoms with van der Waals surface area (Å²) in [5.41, 5.74) is 7.18. The van der Waals surface area contributed by atoms with Crippen LogP contribution in [0.25, 0.3) is 11.5 Å². The summed E-state index contributed by atoms with van der Waals surface area (Å²) in [7, 11) is 3.99. The van der Waals surface area contributed by atoms with Crippen molar-refractivity contribution in [1.82, 2.24) is 4.90 Å². The number of nitrogens with two attached hydrogens (primary N) is 1. The van der Waals surface area contributed by atoms with E-state index in [-0.39, 0.29) is 22.3 Å². The monoisotopic (exact) mass is 380 g/mol. The molecule has 0 aromatic heterocycles. The van der Waals surface area contributed by atoms with Crippen molar-refractivity contribution in [2.24, 2.45) is 5.73 Å². The fourth-order valence-corrected chi connectivity index (χ4v) is 2.35. The Balaban J connectivity index is 0.000000448. The minimum absolute atomic E-state index is 0. The van der Waals surface area contributed by atoms with Gasteiger partial charge in [-0.25, -0.2) is 16.5 Å². The van der Waals surface area contributed by atoms with E-state index in [9.17, 15) is 9.50 Å². The second kappa shape index (κ2) is 9.94. The van der Waals surface area contributed by atoms with E-state index in [1.807, 2.05) is 62.7 Å². The van der Waals surface area contributed by atoms with E-state index in [1.165, 1.54) is 17.7 Å². The molecular weight excluding hydrogens is 359 g/mol. The third-order valence-corrected chi connectivity index (χ3v) is 3.44. The van der Waals surface area contributed by atoms with Crippen LogP contribution in [0.3, 0.4) is 0 Å². The van der Waals surface area contributed by atoms with Gasteiger partial charge in [-0.1, -0.05) is 24.3 Å². The first kappa shape index (κ1) is 20.8. The zero-order chi connectivity index (χ0) is 17.5. The minimum atomic E-state index is -0.750. The Morgan fingerprint density at radius 2 is 1.88 bits per heavy atom. The van der Waals surface area contributed by atoms with Crippen LogP contribution in [0.1, 0.15) is 0 Å². The van der Waals surface area contributed by atoms with Gasteiger partial charge in [-0.3, -0.25) is 0 Å². The normalized spacial score (nSPS) is 15.9. The maximum atomic E-state index is 13.7. The molecule has 2 aromatic carbocycles. The summed E-state index contributed by atoms with van der Waals surface area (Å²) in [4.78, 5) is 2.07. The van der Waals surface area contributed by atoms with Gasteiger partial charge in [-0.05, 0) is 48.5 Å². The molecule has 2 aromatic rings. The fraction of sp³-hybridized carbons (Fsp3) is 0.150. The Morgan fingerprint density at radius 3 is 2.36 bits per heavy atom. The number of allylic oxidation sites excluding steroid dienone is 2. The second-order valence-corrected chi connectivity index (χ2v) is 5.77. The predicted octanol–water partition coefficient (Wildman–Crippen LogP) is 0.822.